The summed E-state index contributed by atoms with van der Waals surface area (Å²) in [6.07, 6.45) is 8.40. The molecule has 4 aromatic carbocycles. The van der Waals surface area contributed by atoms with Gasteiger partial charge in [0.25, 0.3) is 11.8 Å². The summed E-state index contributed by atoms with van der Waals surface area (Å²) in [4.78, 5) is 30.3. The third-order valence-corrected chi connectivity index (χ3v) is 8.68. The van der Waals surface area contributed by atoms with Gasteiger partial charge in [0.15, 0.2) is 0 Å². The van der Waals surface area contributed by atoms with E-state index in [2.05, 4.69) is 95.1 Å². The molecule has 3 aromatic heterocycles. The molecule has 0 aliphatic carbocycles. The molecule has 0 aliphatic rings. The molecule has 3 heterocycles. The largest absolute Gasteiger partial charge is 0.351 e. The van der Waals surface area contributed by atoms with Crippen LogP contribution < -0.4 is 19.8 Å². The van der Waals surface area contributed by atoms with Gasteiger partial charge in [-0.05, 0) is 23.3 Å². The van der Waals surface area contributed by atoms with E-state index in [1.807, 2.05) is 60.7 Å². The molecule has 7 aromatic rings. The van der Waals surface area contributed by atoms with E-state index in [4.69, 9.17) is 0 Å². The number of rotatable bonds is 14. The van der Waals surface area contributed by atoms with E-state index in [9.17, 15) is 9.59 Å². The second-order valence-corrected chi connectivity index (χ2v) is 12.3. The van der Waals surface area contributed by atoms with Gasteiger partial charge in [-0.2, -0.15) is 0 Å². The van der Waals surface area contributed by atoms with Crippen molar-refractivity contribution in [2.24, 2.45) is 0 Å². The molecular formula is C41H39N7O2. The second kappa shape index (κ2) is 15.4. The molecule has 2 amide bonds. The first-order valence-corrected chi connectivity index (χ1v) is 17.0. The van der Waals surface area contributed by atoms with Crippen LogP contribution in [0, 0.1) is 12.7 Å². The predicted molar refractivity (Wildman–Crippen MR) is 191 cm³/mol. The number of aryl methyl sites for hydroxylation is 2. The number of nitrogens with one attached hydrogen (secondary N) is 2. The Morgan fingerprint density at radius 1 is 0.580 bits per heavy atom. The Labute approximate surface area is 291 Å². The van der Waals surface area contributed by atoms with Crippen LogP contribution in [-0.2, 0) is 26.2 Å². The zero-order valence-corrected chi connectivity index (χ0v) is 27.8. The van der Waals surface area contributed by atoms with Gasteiger partial charge in [0.05, 0.1) is 26.2 Å². The van der Waals surface area contributed by atoms with Crippen molar-refractivity contribution in [3.8, 4) is 0 Å². The van der Waals surface area contributed by atoms with Gasteiger partial charge in [0.1, 0.15) is 11.4 Å². The van der Waals surface area contributed by atoms with Gasteiger partial charge in [-0.25, -0.2) is 4.98 Å². The van der Waals surface area contributed by atoms with E-state index in [1.165, 1.54) is 11.1 Å². The van der Waals surface area contributed by atoms with Gasteiger partial charge in [-0.15, -0.1) is 0 Å². The molecule has 0 unspecified atom stereocenters. The molecule has 0 fully saturated rings. The number of carbonyl (C=O) groups is 2. The first kappa shape index (κ1) is 32.5. The van der Waals surface area contributed by atoms with E-state index < -0.39 is 0 Å². The molecular weight excluding hydrogens is 622 g/mol. The monoisotopic (exact) mass is 661 g/mol. The Morgan fingerprint density at radius 2 is 1.12 bits per heavy atom. The maximum absolute atomic E-state index is 13.0. The average molecular weight is 662 g/mol. The fourth-order valence-corrected chi connectivity index (χ4v) is 6.21. The highest BCUT2D eigenvalue weighted by atomic mass is 16.2. The number of fused-ring (bicyclic) bond motifs is 2. The summed E-state index contributed by atoms with van der Waals surface area (Å²) >= 11 is 0. The van der Waals surface area contributed by atoms with Crippen LogP contribution in [0.15, 0.2) is 127 Å². The third-order valence-electron chi connectivity index (χ3n) is 8.68. The van der Waals surface area contributed by atoms with Crippen LogP contribution >= 0.6 is 0 Å². The van der Waals surface area contributed by atoms with Crippen LogP contribution in [0.5, 0.6) is 0 Å². The molecule has 50 heavy (non-hydrogen) atoms. The van der Waals surface area contributed by atoms with Crippen molar-refractivity contribution < 1.29 is 18.7 Å². The number of pyridine rings is 1. The molecule has 7 rings (SSSR count). The van der Waals surface area contributed by atoms with Crippen LogP contribution in [0.3, 0.4) is 0 Å². The summed E-state index contributed by atoms with van der Waals surface area (Å²) in [5.74, 6) is -0.613. The fraction of sp³-hybridized carbons (Fsp3) is 0.195. The highest BCUT2D eigenvalue weighted by Crippen LogP contribution is 2.14. The zero-order valence-electron chi connectivity index (χ0n) is 27.8. The summed E-state index contributed by atoms with van der Waals surface area (Å²) in [7, 11) is 0. The van der Waals surface area contributed by atoms with Crippen molar-refractivity contribution >= 4 is 33.9 Å². The quantitative estimate of drug-likeness (QED) is 0.0988. The Morgan fingerprint density at radius 3 is 1.80 bits per heavy atom. The number of nitrogens with zero attached hydrogens (tertiary/aromatic N) is 5. The molecule has 0 saturated carbocycles. The van der Waals surface area contributed by atoms with Crippen LogP contribution in [0.2, 0.25) is 0 Å². The first-order chi connectivity index (χ1) is 24.6. The summed E-state index contributed by atoms with van der Waals surface area (Å²) in [5.41, 5.74) is 7.28. The number of aromatic nitrogens is 5. The minimum Gasteiger partial charge on any atom is -0.351 e. The van der Waals surface area contributed by atoms with Crippen LogP contribution in [0.1, 0.15) is 44.9 Å². The van der Waals surface area contributed by atoms with Gasteiger partial charge in [0, 0.05) is 48.0 Å². The van der Waals surface area contributed by atoms with Crippen molar-refractivity contribution in [3.63, 3.8) is 0 Å². The number of para-hydroxylation sites is 4. The van der Waals surface area contributed by atoms with E-state index in [1.54, 1.807) is 18.2 Å². The Balaban J connectivity index is 0.894. The van der Waals surface area contributed by atoms with Crippen LogP contribution in [-0.4, -0.2) is 39.0 Å². The number of benzene rings is 4. The van der Waals surface area contributed by atoms with E-state index in [0.29, 0.717) is 39.0 Å². The Bertz CT molecular complexity index is 2070. The number of hydrogen-bond donors (Lipinski definition) is 2. The van der Waals surface area contributed by atoms with Gasteiger partial charge >= 0.3 is 0 Å². The molecule has 250 valence electrons. The summed E-state index contributed by atoms with van der Waals surface area (Å²) in [5, 5.41) is 5.91. The number of carbonyl (C=O) groups excluding carboxylic acids is 2. The second-order valence-electron chi connectivity index (χ2n) is 12.3. The predicted octanol–water partition coefficient (Wildman–Crippen LogP) is 4.90. The van der Waals surface area contributed by atoms with E-state index >= 15 is 0 Å². The molecule has 9 nitrogen and oxygen atoms in total. The fourth-order valence-electron chi connectivity index (χ4n) is 6.21. The maximum Gasteiger partial charge on any atom is 0.269 e. The number of imidazole rings is 2. The summed E-state index contributed by atoms with van der Waals surface area (Å²) < 4.78 is 8.47. The third kappa shape index (κ3) is 7.63. The minimum atomic E-state index is -0.307. The van der Waals surface area contributed by atoms with Crippen molar-refractivity contribution in [1.82, 2.24) is 24.8 Å². The lowest BCUT2D eigenvalue weighted by Crippen LogP contribution is -2.36. The molecule has 0 saturated heterocycles. The zero-order chi connectivity index (χ0) is 34.1. The van der Waals surface area contributed by atoms with Gasteiger partial charge < -0.3 is 28.9 Å². The minimum absolute atomic E-state index is 0.215. The topological polar surface area (TPSA) is 88.7 Å². The summed E-state index contributed by atoms with van der Waals surface area (Å²) in [6, 6.07) is 42.1. The first-order valence-electron chi connectivity index (χ1n) is 17.0. The van der Waals surface area contributed by atoms with E-state index in [0.717, 1.165) is 35.2 Å². The van der Waals surface area contributed by atoms with Gasteiger partial charge in [-0.1, -0.05) is 115 Å². The van der Waals surface area contributed by atoms with Crippen LogP contribution in [0.25, 0.3) is 22.1 Å². The average Bonchev–Trinajstić information content (AvgIpc) is 3.69. The summed E-state index contributed by atoms with van der Waals surface area (Å²) in [6.45, 7) is 3.79. The van der Waals surface area contributed by atoms with Crippen molar-refractivity contribution in [1.29, 1.82) is 0 Å². The molecule has 9 heteroatoms. The normalized spacial score (nSPS) is 11.2. The lowest BCUT2D eigenvalue weighted by Gasteiger charge is -2.08. The number of amides is 2. The lowest BCUT2D eigenvalue weighted by molar-refractivity contribution is -0.676. The standard InChI is InChI=1S/C41H39N7O2/c49-40(42-24-12-26-45-30-47(28-32-14-3-1-4-15-32)38-22-9-7-20-36(38)45)34-18-11-19-35(44-34)41(50)43-25-13-27-46-31-48(29-33-16-5-2-6-17-33)39-23-10-8-21-37(39)46/h1-11,14-23H,12-13,24-29H2,(H,42,49)(H,43,50). The Hall–Kier alpha value is -6.09. The van der Waals surface area contributed by atoms with Crippen molar-refractivity contribution in [2.45, 2.75) is 39.0 Å². The lowest BCUT2D eigenvalue weighted by atomic mass is 10.2. The number of hydrogen-bond acceptors (Lipinski definition) is 3. The SMILES string of the molecule is O=C(NCCCn1[c-][n+](Cc2ccccc2)c2ccccc21)c1cccc(C(=O)NCCC[n+]2[c-]n(Cc3ccccc3)c3ccccc32)n1. The molecule has 2 N–H and O–H groups in total. The Kier molecular flexibility index (Phi) is 10.0. The van der Waals surface area contributed by atoms with Crippen molar-refractivity contribution in [3.05, 3.63) is 163 Å². The van der Waals surface area contributed by atoms with Gasteiger partial charge in [0.2, 0.25) is 12.7 Å². The smallest absolute Gasteiger partial charge is 0.269 e. The molecule has 0 radical (unpaired) electrons. The molecule has 0 aliphatic heterocycles. The van der Waals surface area contributed by atoms with Crippen molar-refractivity contribution in [2.75, 3.05) is 13.1 Å². The van der Waals surface area contributed by atoms with E-state index in [-0.39, 0.29) is 23.2 Å². The van der Waals surface area contributed by atoms with Gasteiger partial charge in [-0.3, -0.25) is 9.59 Å². The molecule has 0 bridgehead atoms. The molecule has 0 spiro atoms. The van der Waals surface area contributed by atoms with Crippen LogP contribution in [0.4, 0.5) is 0 Å². The highest BCUT2D eigenvalue weighted by Gasteiger charge is 2.13. The highest BCUT2D eigenvalue weighted by molar-refractivity contribution is 5.96. The maximum atomic E-state index is 13.0. The molecule has 0 atom stereocenters.